The maximum absolute atomic E-state index is 13.3. The fraction of sp³-hybridized carbons (Fsp3) is 0.421. The van der Waals surface area contributed by atoms with Gasteiger partial charge in [0, 0.05) is 30.6 Å². The molecule has 1 aliphatic rings. The van der Waals surface area contributed by atoms with Gasteiger partial charge in [0.15, 0.2) is 16.8 Å². The number of halogens is 2. The lowest BCUT2D eigenvalue weighted by molar-refractivity contribution is -0.121. The molecule has 0 aliphatic carbocycles. The van der Waals surface area contributed by atoms with E-state index in [2.05, 4.69) is 10.3 Å². The summed E-state index contributed by atoms with van der Waals surface area (Å²) < 4.78 is 31.3. The van der Waals surface area contributed by atoms with Crippen molar-refractivity contribution in [3.8, 4) is 0 Å². The molecule has 2 heterocycles. The van der Waals surface area contributed by atoms with E-state index in [1.807, 2.05) is 0 Å². The van der Waals surface area contributed by atoms with Gasteiger partial charge in [-0.15, -0.1) is 11.3 Å². The Morgan fingerprint density at radius 3 is 2.93 bits per heavy atom. The molecule has 0 spiro atoms. The zero-order valence-corrected chi connectivity index (χ0v) is 16.2. The molecule has 2 amide bonds. The Bertz CT molecular complexity index is 859. The van der Waals surface area contributed by atoms with E-state index in [1.165, 1.54) is 17.4 Å². The number of carbonyl (C=O) groups excluding carboxylic acids is 2. The van der Waals surface area contributed by atoms with Crippen LogP contribution in [0.2, 0.25) is 0 Å². The molecule has 1 N–H and O–H groups in total. The Balaban J connectivity index is 1.57. The predicted molar refractivity (Wildman–Crippen MR) is 101 cm³/mol. The molecule has 1 aromatic heterocycles. The Hall–Kier alpha value is -2.55. The minimum absolute atomic E-state index is 0.192. The second kappa shape index (κ2) is 9.09. The van der Waals surface area contributed by atoms with Crippen molar-refractivity contribution >= 4 is 28.5 Å². The molecule has 9 heteroatoms. The van der Waals surface area contributed by atoms with E-state index < -0.39 is 17.7 Å². The van der Waals surface area contributed by atoms with E-state index in [9.17, 15) is 18.4 Å². The first-order valence-electron chi connectivity index (χ1n) is 9.07. The van der Waals surface area contributed by atoms with E-state index in [0.29, 0.717) is 43.2 Å². The number of hydrogen-bond acceptors (Lipinski definition) is 5. The minimum atomic E-state index is -0.890. The molecular weight excluding hydrogens is 388 g/mol. The molecule has 2 aromatic rings. The van der Waals surface area contributed by atoms with Crippen molar-refractivity contribution in [3.05, 3.63) is 46.5 Å². The van der Waals surface area contributed by atoms with E-state index >= 15 is 0 Å². The van der Waals surface area contributed by atoms with Crippen LogP contribution in [0.1, 0.15) is 30.2 Å². The predicted octanol–water partition coefficient (Wildman–Crippen LogP) is 3.82. The highest BCUT2D eigenvalue weighted by Crippen LogP contribution is 2.24. The summed E-state index contributed by atoms with van der Waals surface area (Å²) >= 11 is 1.28. The summed E-state index contributed by atoms with van der Waals surface area (Å²) in [7, 11) is 0. The van der Waals surface area contributed by atoms with Crippen LogP contribution in [-0.4, -0.2) is 41.6 Å². The number of aromatic nitrogens is 1. The van der Waals surface area contributed by atoms with E-state index in [1.54, 1.807) is 18.0 Å². The third-order valence-electron chi connectivity index (χ3n) is 4.46. The van der Waals surface area contributed by atoms with Gasteiger partial charge in [0.2, 0.25) is 5.91 Å². The van der Waals surface area contributed by atoms with Crippen molar-refractivity contribution in [1.82, 2.24) is 9.88 Å². The molecule has 1 saturated heterocycles. The lowest BCUT2D eigenvalue weighted by atomic mass is 9.97. The third-order valence-corrected chi connectivity index (χ3v) is 5.38. The fourth-order valence-electron chi connectivity index (χ4n) is 3.08. The van der Waals surface area contributed by atoms with Gasteiger partial charge >= 0.3 is 6.09 Å². The highest BCUT2D eigenvalue weighted by molar-refractivity contribution is 7.15. The molecule has 0 radical (unpaired) electrons. The van der Waals surface area contributed by atoms with Crippen LogP contribution in [0.5, 0.6) is 0 Å². The molecule has 150 valence electrons. The summed E-state index contributed by atoms with van der Waals surface area (Å²) in [5, 5.41) is 3.23. The van der Waals surface area contributed by atoms with Crippen LogP contribution in [-0.2, 0) is 16.0 Å². The van der Waals surface area contributed by atoms with E-state index in [-0.39, 0.29) is 11.8 Å². The number of ether oxygens (including phenoxy) is 1. The lowest BCUT2D eigenvalue weighted by Gasteiger charge is -2.30. The SMILES string of the molecule is CCOC(=O)N1CCC[C@@H](C(=O)Nc2ncc(Cc3ccc(F)c(F)c3)s2)C1. The summed E-state index contributed by atoms with van der Waals surface area (Å²) in [6.07, 6.45) is 3.02. The van der Waals surface area contributed by atoms with E-state index in [4.69, 9.17) is 4.74 Å². The van der Waals surface area contributed by atoms with Crippen LogP contribution in [0.3, 0.4) is 0 Å². The molecular formula is C19H21F2N3O3S. The summed E-state index contributed by atoms with van der Waals surface area (Å²) in [6.45, 7) is 2.94. The molecule has 1 atom stereocenters. The van der Waals surface area contributed by atoms with Gasteiger partial charge in [0.05, 0.1) is 12.5 Å². The number of amides is 2. The van der Waals surface area contributed by atoms with Gasteiger partial charge in [-0.2, -0.15) is 0 Å². The van der Waals surface area contributed by atoms with Gasteiger partial charge < -0.3 is 15.0 Å². The Kier molecular flexibility index (Phi) is 6.56. The molecule has 28 heavy (non-hydrogen) atoms. The van der Waals surface area contributed by atoms with Crippen molar-refractivity contribution in [3.63, 3.8) is 0 Å². The van der Waals surface area contributed by atoms with E-state index in [0.717, 1.165) is 23.4 Å². The summed E-state index contributed by atoms with van der Waals surface area (Å²) in [5.41, 5.74) is 0.623. The molecule has 6 nitrogen and oxygen atoms in total. The highest BCUT2D eigenvalue weighted by atomic mass is 32.1. The van der Waals surface area contributed by atoms with Crippen molar-refractivity contribution < 1.29 is 23.1 Å². The van der Waals surface area contributed by atoms with Crippen LogP contribution < -0.4 is 5.32 Å². The van der Waals surface area contributed by atoms with Gasteiger partial charge in [-0.25, -0.2) is 18.6 Å². The third kappa shape index (κ3) is 5.03. The number of nitrogens with zero attached hydrogens (tertiary/aromatic N) is 2. The zero-order valence-electron chi connectivity index (χ0n) is 15.4. The lowest BCUT2D eigenvalue weighted by Crippen LogP contribution is -2.44. The number of carbonyl (C=O) groups is 2. The van der Waals surface area contributed by atoms with Gasteiger partial charge in [-0.3, -0.25) is 4.79 Å². The number of piperidine rings is 1. The Morgan fingerprint density at radius 2 is 2.18 bits per heavy atom. The molecule has 0 saturated carbocycles. The van der Waals surface area contributed by atoms with Gasteiger partial charge in [0.25, 0.3) is 0 Å². The van der Waals surface area contributed by atoms with Crippen molar-refractivity contribution in [2.45, 2.75) is 26.2 Å². The summed E-state index contributed by atoms with van der Waals surface area (Å²) in [4.78, 5) is 30.9. The first-order valence-corrected chi connectivity index (χ1v) is 9.89. The number of rotatable bonds is 5. The quantitative estimate of drug-likeness (QED) is 0.815. The molecule has 0 unspecified atom stereocenters. The molecule has 1 fully saturated rings. The highest BCUT2D eigenvalue weighted by Gasteiger charge is 2.29. The molecule has 1 aromatic carbocycles. The summed E-state index contributed by atoms with van der Waals surface area (Å²) in [6, 6.07) is 3.76. The maximum Gasteiger partial charge on any atom is 0.409 e. The Morgan fingerprint density at radius 1 is 1.36 bits per heavy atom. The topological polar surface area (TPSA) is 71.5 Å². The number of thiazole rings is 1. The van der Waals surface area contributed by atoms with Crippen LogP contribution >= 0.6 is 11.3 Å². The van der Waals surface area contributed by atoms with Gasteiger partial charge in [-0.05, 0) is 37.5 Å². The largest absolute Gasteiger partial charge is 0.450 e. The smallest absolute Gasteiger partial charge is 0.409 e. The number of likely N-dealkylation sites (tertiary alicyclic amines) is 1. The monoisotopic (exact) mass is 409 g/mol. The van der Waals surface area contributed by atoms with Crippen molar-refractivity contribution in [1.29, 1.82) is 0 Å². The first kappa shape index (κ1) is 20.2. The van der Waals surface area contributed by atoms with Crippen LogP contribution in [0.25, 0.3) is 0 Å². The second-order valence-corrected chi connectivity index (χ2v) is 7.65. The zero-order chi connectivity index (χ0) is 20.1. The second-order valence-electron chi connectivity index (χ2n) is 6.53. The normalized spacial score (nSPS) is 16.7. The number of nitrogens with one attached hydrogen (secondary N) is 1. The number of benzene rings is 1. The van der Waals surface area contributed by atoms with Crippen LogP contribution in [0.4, 0.5) is 18.7 Å². The number of anilines is 1. The van der Waals surface area contributed by atoms with Crippen molar-refractivity contribution in [2.75, 3.05) is 25.0 Å². The Labute approximate surface area is 165 Å². The molecule has 3 rings (SSSR count). The average molecular weight is 409 g/mol. The van der Waals surface area contributed by atoms with Gasteiger partial charge in [-0.1, -0.05) is 6.07 Å². The van der Waals surface area contributed by atoms with Gasteiger partial charge in [0.1, 0.15) is 0 Å². The standard InChI is InChI=1S/C19H21F2N3O3S/c1-2-27-19(26)24-7-3-4-13(11-24)17(25)23-18-22-10-14(28-18)8-12-5-6-15(20)16(21)9-12/h5-6,9-10,13H,2-4,7-8,11H2,1H3,(H,22,23,25)/t13-/m1/s1. The average Bonchev–Trinajstić information content (AvgIpc) is 3.12. The van der Waals surface area contributed by atoms with Crippen molar-refractivity contribution in [2.24, 2.45) is 5.92 Å². The fourth-order valence-corrected chi connectivity index (χ4v) is 3.93. The minimum Gasteiger partial charge on any atom is -0.450 e. The molecule has 0 bridgehead atoms. The number of hydrogen-bond donors (Lipinski definition) is 1. The first-order chi connectivity index (χ1) is 13.5. The maximum atomic E-state index is 13.3. The van der Waals surface area contributed by atoms with Crippen LogP contribution in [0.15, 0.2) is 24.4 Å². The molecule has 1 aliphatic heterocycles. The van der Waals surface area contributed by atoms with Crippen LogP contribution in [0, 0.1) is 17.6 Å². The summed E-state index contributed by atoms with van der Waals surface area (Å²) in [5.74, 6) is -2.29.